The fourth-order valence-corrected chi connectivity index (χ4v) is 3.67. The summed E-state index contributed by atoms with van der Waals surface area (Å²) in [4.78, 5) is 4.19. The molecule has 0 saturated carbocycles. The minimum atomic E-state index is -0.209. The first-order chi connectivity index (χ1) is 13.2. The van der Waals surface area contributed by atoms with E-state index in [9.17, 15) is 4.39 Å². The van der Waals surface area contributed by atoms with Crippen molar-refractivity contribution in [3.05, 3.63) is 90.0 Å². The van der Waals surface area contributed by atoms with Gasteiger partial charge >= 0.3 is 0 Å². The molecule has 0 unspecified atom stereocenters. The molecule has 0 saturated heterocycles. The Kier molecular flexibility index (Phi) is 4.98. The van der Waals surface area contributed by atoms with Crippen molar-refractivity contribution in [3.8, 4) is 17.1 Å². The number of aromatic nitrogens is 4. The van der Waals surface area contributed by atoms with E-state index in [2.05, 4.69) is 15.2 Å². The van der Waals surface area contributed by atoms with Gasteiger partial charge in [0.1, 0.15) is 5.82 Å². The van der Waals surface area contributed by atoms with E-state index in [1.807, 2.05) is 54.0 Å². The number of hydrogen-bond acceptors (Lipinski definition) is 4. The van der Waals surface area contributed by atoms with E-state index >= 15 is 0 Å². The predicted molar refractivity (Wildman–Crippen MR) is 105 cm³/mol. The molecule has 0 bridgehead atoms. The molecule has 0 radical (unpaired) electrons. The van der Waals surface area contributed by atoms with E-state index in [0.717, 1.165) is 11.3 Å². The Labute approximate surface area is 161 Å². The highest BCUT2D eigenvalue weighted by Gasteiger charge is 2.17. The zero-order valence-corrected chi connectivity index (χ0v) is 15.5. The molecule has 6 heteroatoms. The molecule has 4 aromatic rings. The van der Waals surface area contributed by atoms with Crippen molar-refractivity contribution in [1.82, 2.24) is 19.7 Å². The normalized spacial score (nSPS) is 10.9. The number of rotatable bonds is 5. The van der Waals surface area contributed by atoms with Gasteiger partial charge in [0.2, 0.25) is 0 Å². The Balaban J connectivity index is 1.74. The van der Waals surface area contributed by atoms with Gasteiger partial charge in [-0.05, 0) is 42.8 Å². The minimum absolute atomic E-state index is 0.209. The van der Waals surface area contributed by atoms with Crippen molar-refractivity contribution in [2.75, 3.05) is 0 Å². The van der Waals surface area contributed by atoms with Crippen LogP contribution in [0.4, 0.5) is 4.39 Å². The number of aryl methyl sites for hydroxylation is 1. The van der Waals surface area contributed by atoms with Gasteiger partial charge in [-0.3, -0.25) is 9.55 Å². The third-order valence-electron chi connectivity index (χ3n) is 4.16. The van der Waals surface area contributed by atoms with Crippen LogP contribution in [0.2, 0.25) is 0 Å². The van der Waals surface area contributed by atoms with Crippen LogP contribution in [0.15, 0.2) is 78.2 Å². The first-order valence-electron chi connectivity index (χ1n) is 8.51. The number of pyridine rings is 1. The Morgan fingerprint density at radius 2 is 1.78 bits per heavy atom. The minimum Gasteiger partial charge on any atom is -0.270 e. The SMILES string of the molecule is Cc1ccc(-n2c(SCc3ccccc3F)nnc2-c2cccnc2)cc1. The monoisotopic (exact) mass is 376 g/mol. The van der Waals surface area contributed by atoms with Crippen molar-refractivity contribution >= 4 is 11.8 Å². The number of thioether (sulfide) groups is 1. The molecule has 2 aromatic heterocycles. The maximum absolute atomic E-state index is 14.0. The molecule has 0 N–H and O–H groups in total. The molecule has 0 fully saturated rings. The van der Waals surface area contributed by atoms with Crippen LogP contribution >= 0.6 is 11.8 Å². The van der Waals surface area contributed by atoms with Gasteiger partial charge in [-0.1, -0.05) is 47.7 Å². The summed E-state index contributed by atoms with van der Waals surface area (Å²) in [6.45, 7) is 2.05. The number of hydrogen-bond donors (Lipinski definition) is 0. The van der Waals surface area contributed by atoms with Crippen molar-refractivity contribution in [1.29, 1.82) is 0 Å². The van der Waals surface area contributed by atoms with Gasteiger partial charge in [0, 0.05) is 29.4 Å². The molecule has 0 amide bonds. The van der Waals surface area contributed by atoms with Crippen LogP contribution in [0.3, 0.4) is 0 Å². The molecule has 134 valence electrons. The highest BCUT2D eigenvalue weighted by molar-refractivity contribution is 7.98. The summed E-state index contributed by atoms with van der Waals surface area (Å²) >= 11 is 1.46. The first kappa shape index (κ1) is 17.4. The van der Waals surface area contributed by atoms with E-state index in [1.165, 1.54) is 23.4 Å². The van der Waals surface area contributed by atoms with E-state index in [-0.39, 0.29) is 5.82 Å². The summed E-state index contributed by atoms with van der Waals surface area (Å²) in [6.07, 6.45) is 3.49. The molecule has 2 heterocycles. The first-order valence-corrected chi connectivity index (χ1v) is 9.50. The fourth-order valence-electron chi connectivity index (χ4n) is 2.73. The van der Waals surface area contributed by atoms with E-state index in [0.29, 0.717) is 22.3 Å². The molecule has 2 aromatic carbocycles. The van der Waals surface area contributed by atoms with E-state index in [1.54, 1.807) is 24.5 Å². The molecule has 27 heavy (non-hydrogen) atoms. The zero-order chi connectivity index (χ0) is 18.6. The molecule has 0 aliphatic rings. The maximum Gasteiger partial charge on any atom is 0.196 e. The van der Waals surface area contributed by atoms with Gasteiger partial charge in [-0.2, -0.15) is 0 Å². The summed E-state index contributed by atoms with van der Waals surface area (Å²) in [5, 5.41) is 9.45. The third-order valence-corrected chi connectivity index (χ3v) is 5.14. The van der Waals surface area contributed by atoms with Crippen molar-refractivity contribution in [3.63, 3.8) is 0 Å². The molecule has 0 aliphatic carbocycles. The summed E-state index contributed by atoms with van der Waals surface area (Å²) in [7, 11) is 0. The lowest BCUT2D eigenvalue weighted by Crippen LogP contribution is -2.00. The van der Waals surface area contributed by atoms with Gasteiger partial charge < -0.3 is 0 Å². The van der Waals surface area contributed by atoms with E-state index < -0.39 is 0 Å². The van der Waals surface area contributed by atoms with Crippen molar-refractivity contribution < 1.29 is 4.39 Å². The Morgan fingerprint density at radius 3 is 2.52 bits per heavy atom. The topological polar surface area (TPSA) is 43.6 Å². The van der Waals surface area contributed by atoms with Crippen LogP contribution in [0.5, 0.6) is 0 Å². The Bertz CT molecular complexity index is 1050. The van der Waals surface area contributed by atoms with Gasteiger partial charge in [0.15, 0.2) is 11.0 Å². The third kappa shape index (κ3) is 3.75. The Hall–Kier alpha value is -2.99. The van der Waals surface area contributed by atoms with Crippen molar-refractivity contribution in [2.45, 2.75) is 17.8 Å². The predicted octanol–water partition coefficient (Wildman–Crippen LogP) is 5.07. The number of nitrogens with zero attached hydrogens (tertiary/aromatic N) is 4. The lowest BCUT2D eigenvalue weighted by Gasteiger charge is -2.11. The van der Waals surface area contributed by atoms with Crippen LogP contribution in [0.1, 0.15) is 11.1 Å². The maximum atomic E-state index is 14.0. The Morgan fingerprint density at radius 1 is 0.963 bits per heavy atom. The highest BCUT2D eigenvalue weighted by atomic mass is 32.2. The summed E-state index contributed by atoms with van der Waals surface area (Å²) in [5.74, 6) is 0.978. The standard InChI is InChI=1S/C21H17FN4S/c1-15-8-10-18(11-9-15)26-20(16-6-4-12-23-13-16)24-25-21(26)27-14-17-5-2-3-7-19(17)22/h2-13H,14H2,1H3. The average Bonchev–Trinajstić information content (AvgIpc) is 3.12. The van der Waals surface area contributed by atoms with Crippen LogP contribution in [-0.2, 0) is 5.75 Å². The van der Waals surface area contributed by atoms with Crippen molar-refractivity contribution in [2.24, 2.45) is 0 Å². The molecular weight excluding hydrogens is 359 g/mol. The second kappa shape index (κ2) is 7.72. The number of benzene rings is 2. The summed E-state index contributed by atoms with van der Waals surface area (Å²) in [5.41, 5.74) is 3.66. The average molecular weight is 376 g/mol. The second-order valence-electron chi connectivity index (χ2n) is 6.10. The summed E-state index contributed by atoms with van der Waals surface area (Å²) < 4.78 is 16.0. The van der Waals surface area contributed by atoms with Crippen LogP contribution in [0.25, 0.3) is 17.1 Å². The van der Waals surface area contributed by atoms with Gasteiger partial charge in [0.25, 0.3) is 0 Å². The number of halogens is 1. The smallest absolute Gasteiger partial charge is 0.196 e. The van der Waals surface area contributed by atoms with Crippen LogP contribution in [0, 0.1) is 12.7 Å². The molecule has 0 spiro atoms. The van der Waals surface area contributed by atoms with Crippen LogP contribution < -0.4 is 0 Å². The molecule has 0 atom stereocenters. The second-order valence-corrected chi connectivity index (χ2v) is 7.04. The van der Waals surface area contributed by atoms with Gasteiger partial charge in [-0.15, -0.1) is 10.2 Å². The zero-order valence-electron chi connectivity index (χ0n) is 14.7. The molecule has 4 nitrogen and oxygen atoms in total. The van der Waals surface area contributed by atoms with Gasteiger partial charge in [0.05, 0.1) is 0 Å². The lowest BCUT2D eigenvalue weighted by atomic mass is 10.2. The lowest BCUT2D eigenvalue weighted by molar-refractivity contribution is 0.617. The summed E-state index contributed by atoms with van der Waals surface area (Å²) in [6, 6.07) is 18.8. The highest BCUT2D eigenvalue weighted by Crippen LogP contribution is 2.30. The molecule has 4 rings (SSSR count). The van der Waals surface area contributed by atoms with E-state index in [4.69, 9.17) is 0 Å². The quantitative estimate of drug-likeness (QED) is 0.456. The van der Waals surface area contributed by atoms with Gasteiger partial charge in [-0.25, -0.2) is 4.39 Å². The molecule has 0 aliphatic heterocycles. The molecular formula is C21H17FN4S. The largest absolute Gasteiger partial charge is 0.270 e. The van der Waals surface area contributed by atoms with Crippen LogP contribution in [-0.4, -0.2) is 19.7 Å². The fraction of sp³-hybridized carbons (Fsp3) is 0.0952.